The molecule has 70 valence electrons. The van der Waals surface area contributed by atoms with E-state index in [1.165, 1.54) is 5.56 Å². The van der Waals surface area contributed by atoms with E-state index in [-0.39, 0.29) is 0 Å². The van der Waals surface area contributed by atoms with E-state index in [0.29, 0.717) is 5.92 Å². The minimum Gasteiger partial charge on any atom is -0.491 e. The molecule has 0 N–H and O–H groups in total. The first-order valence-corrected chi connectivity index (χ1v) is 4.49. The van der Waals surface area contributed by atoms with Crippen LogP contribution in [0.4, 0.5) is 0 Å². The first kappa shape index (κ1) is 8.51. The number of nitrogens with zero attached hydrogens (tertiary/aromatic N) is 2. The van der Waals surface area contributed by atoms with Crippen molar-refractivity contribution in [3.05, 3.63) is 24.0 Å². The second-order valence-electron chi connectivity index (χ2n) is 3.68. The molecule has 3 heteroatoms. The highest BCUT2D eigenvalue weighted by Crippen LogP contribution is 2.32. The van der Waals surface area contributed by atoms with Crippen molar-refractivity contribution >= 4 is 0 Å². The van der Waals surface area contributed by atoms with E-state index in [9.17, 15) is 0 Å². The third-order valence-corrected chi connectivity index (χ3v) is 2.28. The third kappa shape index (κ3) is 1.65. The Morgan fingerprint density at radius 1 is 1.62 bits per heavy atom. The molecule has 0 spiro atoms. The Kier molecular flexibility index (Phi) is 2.19. The van der Waals surface area contributed by atoms with Gasteiger partial charge >= 0.3 is 0 Å². The molecule has 1 aromatic rings. The van der Waals surface area contributed by atoms with Crippen LogP contribution in [0.5, 0.6) is 5.75 Å². The zero-order valence-corrected chi connectivity index (χ0v) is 8.03. The Morgan fingerprint density at radius 2 is 2.46 bits per heavy atom. The molecule has 1 unspecified atom stereocenters. The van der Waals surface area contributed by atoms with Gasteiger partial charge in [-0.1, -0.05) is 0 Å². The van der Waals surface area contributed by atoms with Gasteiger partial charge in [0.15, 0.2) is 0 Å². The van der Waals surface area contributed by atoms with E-state index >= 15 is 0 Å². The number of likely N-dealkylation sites (N-methyl/N-ethyl adjacent to an activating group) is 1. The highest BCUT2D eigenvalue weighted by Gasteiger charge is 2.23. The minimum absolute atomic E-state index is 0.507. The number of rotatable bonds is 2. The average molecular weight is 178 g/mol. The maximum atomic E-state index is 5.52. The summed E-state index contributed by atoms with van der Waals surface area (Å²) in [5, 5.41) is 0. The van der Waals surface area contributed by atoms with E-state index in [1.807, 2.05) is 6.20 Å². The van der Waals surface area contributed by atoms with Crippen LogP contribution in [0.1, 0.15) is 11.5 Å². The zero-order valence-electron chi connectivity index (χ0n) is 8.03. The summed E-state index contributed by atoms with van der Waals surface area (Å²) >= 11 is 0. The molecule has 13 heavy (non-hydrogen) atoms. The smallest absolute Gasteiger partial charge is 0.141 e. The molecule has 0 aromatic carbocycles. The van der Waals surface area contributed by atoms with Gasteiger partial charge in [0.05, 0.1) is 12.8 Å². The predicted molar refractivity (Wildman–Crippen MR) is 51.0 cm³/mol. The van der Waals surface area contributed by atoms with Crippen LogP contribution < -0.4 is 4.74 Å². The first-order valence-electron chi connectivity index (χ1n) is 4.49. The van der Waals surface area contributed by atoms with E-state index < -0.39 is 0 Å². The lowest BCUT2D eigenvalue weighted by molar-refractivity contribution is 0.291. The van der Waals surface area contributed by atoms with Crippen LogP contribution in [0.15, 0.2) is 18.5 Å². The van der Waals surface area contributed by atoms with Crippen molar-refractivity contribution in [2.75, 3.05) is 27.2 Å². The highest BCUT2D eigenvalue weighted by molar-refractivity contribution is 5.37. The van der Waals surface area contributed by atoms with Gasteiger partial charge in [-0.2, -0.15) is 0 Å². The molecule has 0 bridgehead atoms. The Bertz CT molecular complexity index is 299. The number of pyridine rings is 1. The summed E-state index contributed by atoms with van der Waals surface area (Å²) in [7, 11) is 4.17. The number of ether oxygens (including phenoxy) is 1. The molecule has 1 atom stereocenters. The van der Waals surface area contributed by atoms with Crippen LogP contribution in [0.25, 0.3) is 0 Å². The van der Waals surface area contributed by atoms with Gasteiger partial charge in [0.25, 0.3) is 0 Å². The fraction of sp³-hybridized carbons (Fsp3) is 0.500. The highest BCUT2D eigenvalue weighted by atomic mass is 16.5. The molecular formula is C10H14N2O. The standard InChI is InChI=1S/C10H14N2O/c1-12(2)6-8-7-13-10-5-11-4-3-9(8)10/h3-5,8H,6-7H2,1-2H3. The maximum absolute atomic E-state index is 5.52. The lowest BCUT2D eigenvalue weighted by atomic mass is 10.0. The summed E-state index contributed by atoms with van der Waals surface area (Å²) in [6, 6.07) is 2.05. The van der Waals surface area contributed by atoms with Crippen molar-refractivity contribution in [3.63, 3.8) is 0 Å². The fourth-order valence-electron chi connectivity index (χ4n) is 1.72. The van der Waals surface area contributed by atoms with Gasteiger partial charge in [0.2, 0.25) is 0 Å². The van der Waals surface area contributed by atoms with Crippen LogP contribution >= 0.6 is 0 Å². The summed E-state index contributed by atoms with van der Waals surface area (Å²) in [4.78, 5) is 6.22. The van der Waals surface area contributed by atoms with Crippen molar-refractivity contribution < 1.29 is 4.74 Å². The van der Waals surface area contributed by atoms with Crippen molar-refractivity contribution in [1.29, 1.82) is 0 Å². The fourth-order valence-corrected chi connectivity index (χ4v) is 1.72. The van der Waals surface area contributed by atoms with Crippen molar-refractivity contribution in [1.82, 2.24) is 9.88 Å². The van der Waals surface area contributed by atoms with Crippen molar-refractivity contribution in [2.45, 2.75) is 5.92 Å². The van der Waals surface area contributed by atoms with E-state index in [4.69, 9.17) is 4.74 Å². The van der Waals surface area contributed by atoms with E-state index in [2.05, 4.69) is 30.0 Å². The molecule has 0 saturated carbocycles. The molecule has 2 rings (SSSR count). The van der Waals surface area contributed by atoms with Crippen LogP contribution in [0, 0.1) is 0 Å². The largest absolute Gasteiger partial charge is 0.491 e. The lowest BCUT2D eigenvalue weighted by Crippen LogP contribution is -2.21. The molecule has 0 fully saturated rings. The normalized spacial score (nSPS) is 20.1. The van der Waals surface area contributed by atoms with E-state index in [0.717, 1.165) is 18.9 Å². The van der Waals surface area contributed by atoms with Gasteiger partial charge in [-0.05, 0) is 20.2 Å². The monoisotopic (exact) mass is 178 g/mol. The van der Waals surface area contributed by atoms with Crippen LogP contribution in [0.2, 0.25) is 0 Å². The van der Waals surface area contributed by atoms with Gasteiger partial charge < -0.3 is 9.64 Å². The number of hydrogen-bond donors (Lipinski definition) is 0. The summed E-state index contributed by atoms with van der Waals surface area (Å²) < 4.78 is 5.52. The lowest BCUT2D eigenvalue weighted by Gasteiger charge is -2.14. The SMILES string of the molecule is CN(C)CC1COc2cnccc21. The Morgan fingerprint density at radius 3 is 3.23 bits per heavy atom. The van der Waals surface area contributed by atoms with Gasteiger partial charge in [0.1, 0.15) is 5.75 Å². The van der Waals surface area contributed by atoms with Gasteiger partial charge in [0, 0.05) is 24.2 Å². The Balaban J connectivity index is 2.18. The predicted octanol–water partition coefficient (Wildman–Crippen LogP) is 1.12. The van der Waals surface area contributed by atoms with Crippen molar-refractivity contribution in [3.8, 4) is 5.75 Å². The molecule has 1 aliphatic rings. The van der Waals surface area contributed by atoms with Crippen molar-refractivity contribution in [2.24, 2.45) is 0 Å². The molecule has 0 saturated heterocycles. The molecular weight excluding hydrogens is 164 g/mol. The average Bonchev–Trinajstić information content (AvgIpc) is 2.48. The minimum atomic E-state index is 0.507. The molecule has 0 radical (unpaired) electrons. The second kappa shape index (κ2) is 3.34. The maximum Gasteiger partial charge on any atom is 0.141 e. The number of hydrogen-bond acceptors (Lipinski definition) is 3. The molecule has 0 amide bonds. The molecule has 3 nitrogen and oxygen atoms in total. The zero-order chi connectivity index (χ0) is 9.26. The molecule has 1 aliphatic heterocycles. The van der Waals surface area contributed by atoms with E-state index in [1.54, 1.807) is 6.20 Å². The van der Waals surface area contributed by atoms with Gasteiger partial charge in [-0.3, -0.25) is 4.98 Å². The number of aromatic nitrogens is 1. The topological polar surface area (TPSA) is 25.4 Å². The molecule has 1 aromatic heterocycles. The number of fused-ring (bicyclic) bond motifs is 1. The first-order chi connectivity index (χ1) is 6.27. The molecule has 2 heterocycles. The quantitative estimate of drug-likeness (QED) is 0.678. The van der Waals surface area contributed by atoms with Crippen LogP contribution in [-0.4, -0.2) is 37.1 Å². The Labute approximate surface area is 78.3 Å². The van der Waals surface area contributed by atoms with Gasteiger partial charge in [-0.25, -0.2) is 0 Å². The second-order valence-corrected chi connectivity index (χ2v) is 3.68. The van der Waals surface area contributed by atoms with Crippen LogP contribution in [-0.2, 0) is 0 Å². The third-order valence-electron chi connectivity index (χ3n) is 2.28. The summed E-state index contributed by atoms with van der Waals surface area (Å²) in [5.74, 6) is 1.46. The summed E-state index contributed by atoms with van der Waals surface area (Å²) in [6.07, 6.45) is 3.63. The molecule has 0 aliphatic carbocycles. The Hall–Kier alpha value is -1.09. The van der Waals surface area contributed by atoms with Crippen LogP contribution in [0.3, 0.4) is 0 Å². The summed E-state index contributed by atoms with van der Waals surface area (Å²) in [5.41, 5.74) is 1.30. The summed E-state index contributed by atoms with van der Waals surface area (Å²) in [6.45, 7) is 1.83. The van der Waals surface area contributed by atoms with Gasteiger partial charge in [-0.15, -0.1) is 0 Å².